The fourth-order valence-corrected chi connectivity index (χ4v) is 0.428. The van der Waals surface area contributed by atoms with Crippen LogP contribution >= 0.6 is 9.90 Å². The first-order valence-corrected chi connectivity index (χ1v) is 2.13. The zero-order valence-corrected chi connectivity index (χ0v) is 6.48. The van der Waals surface area contributed by atoms with Gasteiger partial charge in [0.05, 0.1) is 0 Å². The van der Waals surface area contributed by atoms with E-state index in [1.54, 1.807) is 24.3 Å². The maximum atomic E-state index is 8.63. The summed E-state index contributed by atoms with van der Waals surface area (Å²) >= 11 is 0. The molecule has 0 heterocycles. The minimum atomic E-state index is 0. The minimum Gasteiger partial charge on any atom is -0.508 e. The third-order valence-corrected chi connectivity index (χ3v) is 0.756. The summed E-state index contributed by atoms with van der Waals surface area (Å²) in [6.45, 7) is 0. The summed E-state index contributed by atoms with van der Waals surface area (Å²) in [5, 5.41) is 8.63. The predicted octanol–water partition coefficient (Wildman–Crippen LogP) is 2.25. The fraction of sp³-hybridized carbons (Fsp3) is 0. The molecule has 1 rings (SSSR count). The second-order valence-corrected chi connectivity index (χ2v) is 1.34. The van der Waals surface area contributed by atoms with Gasteiger partial charge in [-0.15, -0.1) is 0 Å². The van der Waals surface area contributed by atoms with Gasteiger partial charge in [0.25, 0.3) is 0 Å². The normalized spacial score (nSPS) is 6.67. The van der Waals surface area contributed by atoms with Crippen LogP contribution in [0.4, 0.5) is 0 Å². The van der Waals surface area contributed by atoms with Gasteiger partial charge in [-0.1, -0.05) is 18.2 Å². The van der Waals surface area contributed by atoms with Crippen LogP contribution < -0.4 is 0 Å². The number of aromatic hydroxyl groups is 1. The second-order valence-electron chi connectivity index (χ2n) is 1.34. The molecule has 0 saturated heterocycles. The van der Waals surface area contributed by atoms with Crippen molar-refractivity contribution >= 4 is 9.90 Å². The van der Waals surface area contributed by atoms with Gasteiger partial charge in [-0.25, -0.2) is 0 Å². The molecule has 0 spiro atoms. The summed E-state index contributed by atoms with van der Waals surface area (Å²) in [6.07, 6.45) is 0. The number of hydrogen-bond donors (Lipinski definition) is 1. The van der Waals surface area contributed by atoms with Crippen molar-refractivity contribution in [3.63, 3.8) is 0 Å². The Morgan fingerprint density at radius 2 is 1.44 bits per heavy atom. The molecule has 0 amide bonds. The maximum absolute atomic E-state index is 8.63. The number of rotatable bonds is 0. The van der Waals surface area contributed by atoms with Crippen LogP contribution in [0, 0.1) is 0 Å². The van der Waals surface area contributed by atoms with Gasteiger partial charge in [-0.2, -0.15) is 0 Å². The van der Waals surface area contributed by atoms with E-state index in [4.69, 9.17) is 5.11 Å². The first-order valence-electron chi connectivity index (χ1n) is 2.13. The van der Waals surface area contributed by atoms with E-state index in [0.29, 0.717) is 5.75 Å². The molecule has 1 nitrogen and oxygen atoms in total. The smallest absolute Gasteiger partial charge is 0.115 e. The summed E-state index contributed by atoms with van der Waals surface area (Å²) < 4.78 is 0. The van der Waals surface area contributed by atoms with Gasteiger partial charge >= 0.3 is 0 Å². The Morgan fingerprint density at radius 3 is 1.67 bits per heavy atom. The Balaban J connectivity index is 0. The quantitative estimate of drug-likeness (QED) is 0.484. The monoisotopic (exact) mass is 183 g/mol. The van der Waals surface area contributed by atoms with Crippen LogP contribution in [0.25, 0.3) is 0 Å². The predicted molar refractivity (Wildman–Crippen MR) is 35.0 cm³/mol. The van der Waals surface area contributed by atoms with E-state index >= 15 is 0 Å². The number of hydrogen-bond acceptors (Lipinski definition) is 1. The van der Waals surface area contributed by atoms with Crippen molar-refractivity contribution in [3.8, 4) is 5.75 Å². The average molecular weight is 184 g/mol. The van der Waals surface area contributed by atoms with E-state index in [1.165, 1.54) is 0 Å². The molecule has 0 bridgehead atoms. The van der Waals surface area contributed by atoms with Gasteiger partial charge in [0.15, 0.2) is 0 Å². The van der Waals surface area contributed by atoms with Crippen molar-refractivity contribution in [3.05, 3.63) is 30.3 Å². The molecular weight excluding hydrogens is 178 g/mol. The molecule has 0 unspecified atom stereocenters. The molecule has 0 saturated carbocycles. The van der Waals surface area contributed by atoms with Crippen molar-refractivity contribution in [2.24, 2.45) is 0 Å². The zero-order valence-electron chi connectivity index (χ0n) is 4.60. The molecule has 0 aliphatic heterocycles. The summed E-state index contributed by atoms with van der Waals surface area (Å²) in [5.74, 6) is 0.322. The van der Waals surface area contributed by atoms with E-state index in [1.807, 2.05) is 6.07 Å². The Bertz CT molecular complexity index is 143. The van der Waals surface area contributed by atoms with Crippen LogP contribution in [0.3, 0.4) is 0 Å². The van der Waals surface area contributed by atoms with Gasteiger partial charge in [0.1, 0.15) is 5.75 Å². The second kappa shape index (κ2) is 6.07. The number of para-hydroxylation sites is 1. The first kappa shape index (κ1) is 11.7. The maximum Gasteiger partial charge on any atom is 0.115 e. The largest absolute Gasteiger partial charge is 0.508 e. The molecule has 0 aliphatic rings. The van der Waals surface area contributed by atoms with Gasteiger partial charge in [-0.3, -0.25) is 0 Å². The van der Waals surface area contributed by atoms with Gasteiger partial charge in [-0.05, 0) is 12.1 Å². The molecule has 0 aliphatic carbocycles. The molecular formula is C6H6NiOP. The fourth-order valence-electron chi connectivity index (χ4n) is 0.428. The third-order valence-electron chi connectivity index (χ3n) is 0.756. The van der Waals surface area contributed by atoms with E-state index < -0.39 is 0 Å². The van der Waals surface area contributed by atoms with E-state index in [-0.39, 0.29) is 26.4 Å². The van der Waals surface area contributed by atoms with Crippen molar-refractivity contribution in [1.82, 2.24) is 0 Å². The molecule has 9 heavy (non-hydrogen) atoms. The third kappa shape index (κ3) is 4.45. The first-order chi connectivity index (χ1) is 3.39. The topological polar surface area (TPSA) is 20.2 Å². The van der Waals surface area contributed by atoms with Crippen LogP contribution in [-0.4, -0.2) is 5.11 Å². The van der Waals surface area contributed by atoms with Crippen molar-refractivity contribution in [2.45, 2.75) is 0 Å². The minimum absolute atomic E-state index is 0. The van der Waals surface area contributed by atoms with Crippen LogP contribution in [0.1, 0.15) is 0 Å². The van der Waals surface area contributed by atoms with E-state index in [0.717, 1.165) is 0 Å². The Hall–Kier alpha value is -0.0565. The standard InChI is InChI=1S/C6H6O.Ni.P/c7-6-4-2-1-3-5-6;;/h1-5,7H;;. The molecule has 0 aromatic heterocycles. The van der Waals surface area contributed by atoms with Gasteiger partial charge in [0.2, 0.25) is 0 Å². The summed E-state index contributed by atoms with van der Waals surface area (Å²) in [5.41, 5.74) is 0. The Morgan fingerprint density at radius 1 is 1.00 bits per heavy atom. The molecule has 3 radical (unpaired) electrons. The molecule has 1 aromatic carbocycles. The molecule has 51 valence electrons. The Kier molecular flexibility index (Phi) is 7.89. The van der Waals surface area contributed by atoms with Crippen molar-refractivity contribution < 1.29 is 21.6 Å². The molecule has 1 N–H and O–H groups in total. The summed E-state index contributed by atoms with van der Waals surface area (Å²) in [7, 11) is 0. The average Bonchev–Trinajstić information content (AvgIpc) is 1.69. The molecule has 0 atom stereocenters. The number of benzene rings is 1. The SMILES string of the molecule is Oc1ccccc1.[Ni].[P]. The summed E-state index contributed by atoms with van der Waals surface area (Å²) in [4.78, 5) is 0. The van der Waals surface area contributed by atoms with E-state index in [9.17, 15) is 0 Å². The molecule has 3 heteroatoms. The van der Waals surface area contributed by atoms with E-state index in [2.05, 4.69) is 0 Å². The van der Waals surface area contributed by atoms with Crippen LogP contribution in [0.5, 0.6) is 5.75 Å². The molecule has 0 fully saturated rings. The summed E-state index contributed by atoms with van der Waals surface area (Å²) in [6, 6.07) is 8.71. The van der Waals surface area contributed by atoms with Crippen molar-refractivity contribution in [1.29, 1.82) is 0 Å². The molecule has 1 aromatic rings. The van der Waals surface area contributed by atoms with Crippen LogP contribution in [-0.2, 0) is 16.5 Å². The van der Waals surface area contributed by atoms with Crippen molar-refractivity contribution in [2.75, 3.05) is 0 Å². The van der Waals surface area contributed by atoms with Crippen LogP contribution in [0.2, 0.25) is 0 Å². The van der Waals surface area contributed by atoms with Gasteiger partial charge in [0, 0.05) is 26.4 Å². The number of phenolic OH excluding ortho intramolecular Hbond substituents is 1. The number of phenols is 1. The Labute approximate surface area is 68.0 Å². The zero-order chi connectivity index (χ0) is 5.11. The van der Waals surface area contributed by atoms with Crippen LogP contribution in [0.15, 0.2) is 30.3 Å². The van der Waals surface area contributed by atoms with Gasteiger partial charge < -0.3 is 5.11 Å².